The molecular weight excluding hydrogens is 270 g/mol. The molecule has 0 radical (unpaired) electrons. The highest BCUT2D eigenvalue weighted by Crippen LogP contribution is 2.17. The van der Waals surface area contributed by atoms with Crippen LogP contribution >= 0.6 is 0 Å². The topological polar surface area (TPSA) is 48.0 Å². The van der Waals surface area contributed by atoms with Gasteiger partial charge in [0.25, 0.3) is 0 Å². The Balaban J connectivity index is 2.36. The Morgan fingerprint density at radius 3 is 2.19 bits per heavy atom. The Hall–Kier alpha value is -1.75. The second kappa shape index (κ2) is 10.0. The number of nitrogens with zero attached hydrogens (tertiary/aromatic N) is 1. The van der Waals surface area contributed by atoms with Gasteiger partial charge in [-0.1, -0.05) is 6.92 Å². The number of hydrogen-bond acceptors (Lipinski definition) is 5. The Bertz CT molecular complexity index is 405. The van der Waals surface area contributed by atoms with E-state index in [-0.39, 0.29) is 5.97 Å². The van der Waals surface area contributed by atoms with Gasteiger partial charge in [0, 0.05) is 6.54 Å². The molecule has 0 bridgehead atoms. The van der Waals surface area contributed by atoms with Gasteiger partial charge in [0.05, 0.1) is 20.3 Å². The number of rotatable bonds is 10. The minimum absolute atomic E-state index is 0.218. The fourth-order valence-electron chi connectivity index (χ4n) is 1.92. The molecule has 5 heteroatoms. The maximum atomic E-state index is 11.3. The molecule has 118 valence electrons. The molecule has 0 amide bonds. The minimum Gasteiger partial charge on any atom is -0.494 e. The van der Waals surface area contributed by atoms with Gasteiger partial charge in [0.2, 0.25) is 0 Å². The first-order valence-electron chi connectivity index (χ1n) is 7.34. The van der Waals surface area contributed by atoms with Crippen molar-refractivity contribution in [2.75, 3.05) is 40.0 Å². The number of methoxy groups -OCH3 is 1. The molecule has 21 heavy (non-hydrogen) atoms. The van der Waals surface area contributed by atoms with Crippen molar-refractivity contribution in [1.82, 2.24) is 4.90 Å². The monoisotopic (exact) mass is 295 g/mol. The fourth-order valence-corrected chi connectivity index (χ4v) is 1.92. The summed E-state index contributed by atoms with van der Waals surface area (Å²) in [4.78, 5) is 13.3. The summed E-state index contributed by atoms with van der Waals surface area (Å²) in [5.41, 5.74) is 0. The standard InChI is InChI=1S/C16H25NO4/c1-4-10-17(13-16(18)19-3)11-12-21-15-8-6-14(7-9-15)20-5-2/h6-9H,4-5,10-13H2,1-3H3. The first kappa shape index (κ1) is 17.3. The SMILES string of the molecule is CCCN(CCOc1ccc(OCC)cc1)CC(=O)OC. The molecule has 5 nitrogen and oxygen atoms in total. The van der Waals surface area contributed by atoms with Crippen LogP contribution in [-0.2, 0) is 9.53 Å². The predicted octanol–water partition coefficient (Wildman–Crippen LogP) is 2.35. The predicted molar refractivity (Wildman–Crippen MR) is 81.9 cm³/mol. The molecule has 1 aromatic rings. The summed E-state index contributed by atoms with van der Waals surface area (Å²) in [6.07, 6.45) is 0.986. The lowest BCUT2D eigenvalue weighted by molar-refractivity contribution is -0.142. The summed E-state index contributed by atoms with van der Waals surface area (Å²) >= 11 is 0. The summed E-state index contributed by atoms with van der Waals surface area (Å²) in [6.45, 7) is 7.06. The number of benzene rings is 1. The Kier molecular flexibility index (Phi) is 8.28. The molecular formula is C16H25NO4. The molecule has 0 saturated carbocycles. The van der Waals surface area contributed by atoms with Crippen molar-refractivity contribution in [3.05, 3.63) is 24.3 Å². The third kappa shape index (κ3) is 6.99. The van der Waals surface area contributed by atoms with Crippen molar-refractivity contribution in [3.63, 3.8) is 0 Å². The molecule has 0 N–H and O–H groups in total. The quantitative estimate of drug-likeness (QED) is 0.620. The molecule has 1 aromatic carbocycles. The number of ether oxygens (including phenoxy) is 3. The molecule has 0 aliphatic carbocycles. The zero-order valence-electron chi connectivity index (χ0n) is 13.1. The van der Waals surface area contributed by atoms with Crippen LogP contribution in [0.5, 0.6) is 11.5 Å². The van der Waals surface area contributed by atoms with E-state index in [4.69, 9.17) is 14.2 Å². The van der Waals surface area contributed by atoms with Gasteiger partial charge in [-0.2, -0.15) is 0 Å². The third-order valence-electron chi connectivity index (χ3n) is 2.93. The van der Waals surface area contributed by atoms with E-state index in [0.29, 0.717) is 26.3 Å². The van der Waals surface area contributed by atoms with Crippen molar-refractivity contribution >= 4 is 5.97 Å². The number of hydrogen-bond donors (Lipinski definition) is 0. The Labute approximate surface area is 126 Å². The largest absolute Gasteiger partial charge is 0.494 e. The van der Waals surface area contributed by atoms with Crippen LogP contribution in [-0.4, -0.2) is 50.8 Å². The lowest BCUT2D eigenvalue weighted by Gasteiger charge is -2.20. The molecule has 0 aliphatic rings. The van der Waals surface area contributed by atoms with Gasteiger partial charge in [-0.05, 0) is 44.2 Å². The first-order chi connectivity index (χ1) is 10.2. The number of carbonyl (C=O) groups is 1. The zero-order valence-corrected chi connectivity index (χ0v) is 13.1. The summed E-state index contributed by atoms with van der Waals surface area (Å²) in [5.74, 6) is 1.42. The number of esters is 1. The second-order valence-corrected chi connectivity index (χ2v) is 4.61. The zero-order chi connectivity index (χ0) is 15.5. The number of carbonyl (C=O) groups excluding carboxylic acids is 1. The second-order valence-electron chi connectivity index (χ2n) is 4.61. The van der Waals surface area contributed by atoms with Gasteiger partial charge in [0.1, 0.15) is 18.1 Å². The van der Waals surface area contributed by atoms with E-state index >= 15 is 0 Å². The van der Waals surface area contributed by atoms with E-state index in [2.05, 4.69) is 6.92 Å². The van der Waals surface area contributed by atoms with Gasteiger partial charge in [0.15, 0.2) is 0 Å². The Morgan fingerprint density at radius 2 is 1.67 bits per heavy atom. The van der Waals surface area contributed by atoms with Gasteiger partial charge < -0.3 is 14.2 Å². The molecule has 0 heterocycles. The molecule has 0 aromatic heterocycles. The Morgan fingerprint density at radius 1 is 1.05 bits per heavy atom. The summed E-state index contributed by atoms with van der Waals surface area (Å²) in [7, 11) is 1.41. The van der Waals surface area contributed by atoms with E-state index in [1.165, 1.54) is 7.11 Å². The lowest BCUT2D eigenvalue weighted by Crippen LogP contribution is -2.34. The molecule has 0 aliphatic heterocycles. The van der Waals surface area contributed by atoms with Crippen LogP contribution in [0.1, 0.15) is 20.3 Å². The van der Waals surface area contributed by atoms with Crippen molar-refractivity contribution in [2.45, 2.75) is 20.3 Å². The average Bonchev–Trinajstić information content (AvgIpc) is 2.49. The van der Waals surface area contributed by atoms with E-state index in [1.54, 1.807) is 0 Å². The molecule has 0 atom stereocenters. The van der Waals surface area contributed by atoms with Gasteiger partial charge in [-0.25, -0.2) is 0 Å². The van der Waals surface area contributed by atoms with Gasteiger partial charge in [-0.15, -0.1) is 0 Å². The molecule has 0 fully saturated rings. The maximum Gasteiger partial charge on any atom is 0.319 e. The molecule has 0 spiro atoms. The summed E-state index contributed by atoms with van der Waals surface area (Å²) < 4.78 is 15.8. The third-order valence-corrected chi connectivity index (χ3v) is 2.93. The maximum absolute atomic E-state index is 11.3. The van der Waals surface area contributed by atoms with E-state index < -0.39 is 0 Å². The lowest BCUT2D eigenvalue weighted by atomic mass is 10.3. The molecule has 0 saturated heterocycles. The van der Waals surface area contributed by atoms with Crippen molar-refractivity contribution in [1.29, 1.82) is 0 Å². The summed E-state index contributed by atoms with van der Waals surface area (Å²) in [6, 6.07) is 7.54. The first-order valence-corrected chi connectivity index (χ1v) is 7.34. The van der Waals surface area contributed by atoms with Crippen molar-refractivity contribution in [2.24, 2.45) is 0 Å². The van der Waals surface area contributed by atoms with Crippen LogP contribution < -0.4 is 9.47 Å². The highest BCUT2D eigenvalue weighted by Gasteiger charge is 2.10. The van der Waals surface area contributed by atoms with E-state index in [1.807, 2.05) is 36.1 Å². The molecule has 0 unspecified atom stereocenters. The van der Waals surface area contributed by atoms with E-state index in [0.717, 1.165) is 24.5 Å². The average molecular weight is 295 g/mol. The molecule has 1 rings (SSSR count). The van der Waals surface area contributed by atoms with Crippen LogP contribution in [0.25, 0.3) is 0 Å². The normalized spacial score (nSPS) is 10.5. The minimum atomic E-state index is -0.218. The summed E-state index contributed by atoms with van der Waals surface area (Å²) in [5, 5.41) is 0. The highest BCUT2D eigenvalue weighted by atomic mass is 16.5. The van der Waals surface area contributed by atoms with Crippen LogP contribution in [0, 0.1) is 0 Å². The van der Waals surface area contributed by atoms with Gasteiger partial charge >= 0.3 is 5.97 Å². The fraction of sp³-hybridized carbons (Fsp3) is 0.562. The smallest absolute Gasteiger partial charge is 0.319 e. The van der Waals surface area contributed by atoms with Crippen LogP contribution in [0.4, 0.5) is 0 Å². The van der Waals surface area contributed by atoms with Crippen LogP contribution in [0.3, 0.4) is 0 Å². The van der Waals surface area contributed by atoms with Gasteiger partial charge in [-0.3, -0.25) is 9.69 Å². The highest BCUT2D eigenvalue weighted by molar-refractivity contribution is 5.71. The van der Waals surface area contributed by atoms with Crippen LogP contribution in [0.2, 0.25) is 0 Å². The van der Waals surface area contributed by atoms with Crippen molar-refractivity contribution < 1.29 is 19.0 Å². The van der Waals surface area contributed by atoms with Crippen molar-refractivity contribution in [3.8, 4) is 11.5 Å². The van der Waals surface area contributed by atoms with E-state index in [9.17, 15) is 4.79 Å². The van der Waals surface area contributed by atoms with Crippen LogP contribution in [0.15, 0.2) is 24.3 Å².